The highest BCUT2D eigenvalue weighted by atomic mass is 32.2. The lowest BCUT2D eigenvalue weighted by Gasteiger charge is -2.40. The van der Waals surface area contributed by atoms with Crippen molar-refractivity contribution in [2.75, 3.05) is 51.6 Å². The van der Waals surface area contributed by atoms with E-state index in [1.165, 1.54) is 52.2 Å². The molecule has 0 bridgehead atoms. The summed E-state index contributed by atoms with van der Waals surface area (Å²) in [6.45, 7) is 8.37. The number of nitrogens with zero attached hydrogens (tertiary/aromatic N) is 3. The quantitative estimate of drug-likeness (QED) is 0.206. The number of pyridine rings is 1. The Balaban J connectivity index is 1.75. The molecule has 0 unspecified atom stereocenters. The molecule has 0 spiro atoms. The van der Waals surface area contributed by atoms with Gasteiger partial charge in [0, 0.05) is 41.7 Å². The van der Waals surface area contributed by atoms with Crippen LogP contribution in [0.25, 0.3) is 10.9 Å². The topological polar surface area (TPSA) is 72.0 Å². The van der Waals surface area contributed by atoms with Crippen LogP contribution in [0.4, 0.5) is 5.69 Å². The van der Waals surface area contributed by atoms with Gasteiger partial charge in [0.2, 0.25) is 9.84 Å². The van der Waals surface area contributed by atoms with E-state index in [4.69, 9.17) is 9.47 Å². The Morgan fingerprint density at radius 1 is 0.975 bits per heavy atom. The van der Waals surface area contributed by atoms with Crippen LogP contribution in [0.5, 0.6) is 11.5 Å². The molecule has 1 aromatic heterocycles. The Morgan fingerprint density at radius 3 is 2.25 bits per heavy atom. The van der Waals surface area contributed by atoms with Crippen molar-refractivity contribution in [3.63, 3.8) is 0 Å². The number of rotatable bonds is 13. The van der Waals surface area contributed by atoms with E-state index in [0.29, 0.717) is 17.5 Å². The number of thioether (sulfide) groups is 1. The van der Waals surface area contributed by atoms with Gasteiger partial charge in [-0.3, -0.25) is 4.98 Å². The Morgan fingerprint density at radius 2 is 1.65 bits per heavy atom. The molecule has 2 heterocycles. The second kappa shape index (κ2) is 13.9. The third-order valence-corrected chi connectivity index (χ3v) is 10.3. The smallest absolute Gasteiger partial charge is 0.210 e. The van der Waals surface area contributed by atoms with Gasteiger partial charge in [0.1, 0.15) is 4.90 Å². The van der Waals surface area contributed by atoms with Crippen molar-refractivity contribution in [3.8, 4) is 11.5 Å². The van der Waals surface area contributed by atoms with Crippen molar-refractivity contribution >= 4 is 38.2 Å². The molecule has 218 valence electrons. The zero-order valence-corrected chi connectivity index (χ0v) is 26.1. The van der Waals surface area contributed by atoms with Crippen LogP contribution in [0.3, 0.4) is 0 Å². The first-order valence-electron chi connectivity index (χ1n) is 14.3. The van der Waals surface area contributed by atoms with Gasteiger partial charge in [-0.25, -0.2) is 8.42 Å². The molecule has 0 radical (unpaired) electrons. The lowest BCUT2D eigenvalue weighted by atomic mass is 10.0. The fourth-order valence-corrected chi connectivity index (χ4v) is 7.44. The summed E-state index contributed by atoms with van der Waals surface area (Å²) in [6, 6.07) is 11.4. The van der Waals surface area contributed by atoms with Gasteiger partial charge in [-0.15, -0.1) is 11.8 Å². The standard InChI is InChI=1S/C31H43N3O4S2/c1-6-8-16-33(17-9-7-2)23-14-18-34(19-15-23)31-26-20-24(39-5)10-12-27(26)32-22-30(31)40(35,36)25-11-13-28(37-3)29(21-25)38-4/h10-13,20-23H,6-9,14-19H2,1-5H3. The zero-order valence-electron chi connectivity index (χ0n) is 24.5. The number of sulfone groups is 1. The van der Waals surface area contributed by atoms with Gasteiger partial charge in [-0.05, 0) is 75.4 Å². The fourth-order valence-electron chi connectivity index (χ4n) is 5.55. The van der Waals surface area contributed by atoms with Crippen LogP contribution in [0.2, 0.25) is 0 Å². The van der Waals surface area contributed by atoms with Crippen LogP contribution >= 0.6 is 11.8 Å². The van der Waals surface area contributed by atoms with Crippen molar-refractivity contribution in [1.29, 1.82) is 0 Å². The SMILES string of the molecule is CCCCN(CCCC)C1CCN(c2c(S(=O)(=O)c3ccc(OC)c(OC)c3)cnc3ccc(SC)cc23)CC1. The third-order valence-electron chi connectivity index (χ3n) is 7.86. The Hall–Kier alpha value is -2.49. The minimum atomic E-state index is -3.90. The highest BCUT2D eigenvalue weighted by Gasteiger charge is 2.31. The van der Waals surface area contributed by atoms with E-state index < -0.39 is 9.84 Å². The number of methoxy groups -OCH3 is 2. The summed E-state index contributed by atoms with van der Waals surface area (Å²) in [5.74, 6) is 0.865. The fraction of sp³-hybridized carbons (Fsp3) is 0.516. The average molecular weight is 586 g/mol. The van der Waals surface area contributed by atoms with E-state index in [9.17, 15) is 8.42 Å². The van der Waals surface area contributed by atoms with Gasteiger partial charge in [0.05, 0.1) is 30.3 Å². The number of benzene rings is 2. The first kappa shape index (κ1) is 30.5. The summed E-state index contributed by atoms with van der Waals surface area (Å²) >= 11 is 1.64. The molecule has 4 rings (SSSR count). The van der Waals surface area contributed by atoms with Crippen molar-refractivity contribution in [1.82, 2.24) is 9.88 Å². The van der Waals surface area contributed by atoms with Crippen LogP contribution < -0.4 is 14.4 Å². The Bertz CT molecular complexity index is 1380. The summed E-state index contributed by atoms with van der Waals surface area (Å²) in [7, 11) is -0.851. The molecule has 1 saturated heterocycles. The predicted octanol–water partition coefficient (Wildman–Crippen LogP) is 6.68. The van der Waals surface area contributed by atoms with Gasteiger partial charge in [0.25, 0.3) is 0 Å². The van der Waals surface area contributed by atoms with Gasteiger partial charge in [-0.2, -0.15) is 0 Å². The first-order chi connectivity index (χ1) is 19.4. The second-order valence-corrected chi connectivity index (χ2v) is 13.1. The molecule has 40 heavy (non-hydrogen) atoms. The molecule has 1 aliphatic heterocycles. The number of hydrogen-bond acceptors (Lipinski definition) is 8. The van der Waals surface area contributed by atoms with Gasteiger partial charge >= 0.3 is 0 Å². The molecule has 3 aromatic rings. The highest BCUT2D eigenvalue weighted by Crippen LogP contribution is 2.40. The maximum Gasteiger partial charge on any atom is 0.210 e. The number of ether oxygens (including phenoxy) is 2. The predicted molar refractivity (Wildman–Crippen MR) is 165 cm³/mol. The van der Waals surface area contributed by atoms with E-state index >= 15 is 0 Å². The highest BCUT2D eigenvalue weighted by molar-refractivity contribution is 7.98. The number of fused-ring (bicyclic) bond motifs is 1. The second-order valence-electron chi connectivity index (χ2n) is 10.3. The van der Waals surface area contributed by atoms with Crippen LogP contribution in [-0.2, 0) is 9.84 Å². The number of aromatic nitrogens is 1. The third kappa shape index (κ3) is 6.52. The van der Waals surface area contributed by atoms with E-state index in [-0.39, 0.29) is 9.79 Å². The van der Waals surface area contributed by atoms with Gasteiger partial charge < -0.3 is 19.3 Å². The van der Waals surface area contributed by atoms with Crippen LogP contribution in [0.15, 0.2) is 57.3 Å². The molecular formula is C31H43N3O4S2. The molecule has 0 atom stereocenters. The average Bonchev–Trinajstić information content (AvgIpc) is 2.99. The van der Waals surface area contributed by atoms with E-state index in [1.807, 2.05) is 18.4 Å². The molecule has 2 aromatic carbocycles. The minimum Gasteiger partial charge on any atom is -0.493 e. The van der Waals surface area contributed by atoms with Gasteiger partial charge in [0.15, 0.2) is 11.5 Å². The molecule has 0 amide bonds. The molecule has 0 aliphatic carbocycles. The van der Waals surface area contributed by atoms with E-state index in [0.717, 1.165) is 60.5 Å². The molecule has 9 heteroatoms. The first-order valence-corrected chi connectivity index (χ1v) is 17.0. The van der Waals surface area contributed by atoms with Crippen molar-refractivity contribution in [2.24, 2.45) is 0 Å². The molecule has 1 aliphatic rings. The summed E-state index contributed by atoms with van der Waals surface area (Å²) in [4.78, 5) is 11.0. The Kier molecular flexibility index (Phi) is 10.6. The van der Waals surface area contributed by atoms with Crippen LogP contribution in [0.1, 0.15) is 52.4 Å². The normalized spacial score (nSPS) is 14.7. The molecular weight excluding hydrogens is 542 g/mol. The van der Waals surface area contributed by atoms with Crippen LogP contribution in [0, 0.1) is 0 Å². The van der Waals surface area contributed by atoms with E-state index in [1.54, 1.807) is 23.9 Å². The zero-order chi connectivity index (χ0) is 28.7. The molecule has 1 fully saturated rings. The molecule has 0 saturated carbocycles. The summed E-state index contributed by atoms with van der Waals surface area (Å²) in [6.07, 6.45) is 10.4. The number of anilines is 1. The summed E-state index contributed by atoms with van der Waals surface area (Å²) in [5, 5.41) is 0.876. The van der Waals surface area contributed by atoms with E-state index in [2.05, 4.69) is 34.7 Å². The van der Waals surface area contributed by atoms with Crippen molar-refractivity contribution in [2.45, 2.75) is 73.1 Å². The summed E-state index contributed by atoms with van der Waals surface area (Å²) < 4.78 is 39.2. The van der Waals surface area contributed by atoms with Crippen LogP contribution in [-0.4, -0.2) is 71.0 Å². The van der Waals surface area contributed by atoms with Crippen molar-refractivity contribution in [3.05, 3.63) is 42.6 Å². The minimum absolute atomic E-state index is 0.161. The molecule has 7 nitrogen and oxygen atoms in total. The number of unbranched alkanes of at least 4 members (excludes halogenated alkanes) is 2. The lowest BCUT2D eigenvalue weighted by molar-refractivity contribution is 0.164. The largest absolute Gasteiger partial charge is 0.493 e. The maximum absolute atomic E-state index is 14.2. The number of piperidine rings is 1. The summed E-state index contributed by atoms with van der Waals surface area (Å²) in [5.41, 5.74) is 1.55. The Labute approximate surface area is 244 Å². The van der Waals surface area contributed by atoms with Crippen molar-refractivity contribution < 1.29 is 17.9 Å². The maximum atomic E-state index is 14.2. The monoisotopic (exact) mass is 585 g/mol. The number of hydrogen-bond donors (Lipinski definition) is 0. The lowest BCUT2D eigenvalue weighted by Crippen LogP contribution is -2.46. The molecule has 0 N–H and O–H groups in total. The van der Waals surface area contributed by atoms with Gasteiger partial charge in [-0.1, -0.05) is 26.7 Å².